The number of aliphatic imine (C=N–C) groups is 1. The highest BCUT2D eigenvalue weighted by molar-refractivity contribution is 9.10. The minimum Gasteiger partial charge on any atom is -0.354 e. The number of thiophene rings is 1. The van der Waals surface area contributed by atoms with Crippen molar-refractivity contribution < 1.29 is 0 Å². The maximum absolute atomic E-state index is 4.19. The van der Waals surface area contributed by atoms with Crippen LogP contribution in [-0.2, 0) is 6.54 Å². The summed E-state index contributed by atoms with van der Waals surface area (Å²) in [4.78, 5) is 5.48. The Hall–Kier alpha value is -0.550. The Morgan fingerprint density at radius 3 is 2.88 bits per heavy atom. The van der Waals surface area contributed by atoms with Gasteiger partial charge < -0.3 is 10.6 Å². The van der Waals surface area contributed by atoms with Gasteiger partial charge in [-0.05, 0) is 35.3 Å². The van der Waals surface area contributed by atoms with Crippen molar-refractivity contribution >= 4 is 33.2 Å². The molecule has 0 radical (unpaired) electrons. The van der Waals surface area contributed by atoms with Gasteiger partial charge in [0, 0.05) is 27.8 Å². The van der Waals surface area contributed by atoms with E-state index in [1.54, 1.807) is 18.4 Å². The summed E-state index contributed by atoms with van der Waals surface area (Å²) in [6.45, 7) is 5.11. The summed E-state index contributed by atoms with van der Waals surface area (Å²) in [5, 5.41) is 8.70. The van der Waals surface area contributed by atoms with Crippen molar-refractivity contribution in [3.8, 4) is 0 Å². The van der Waals surface area contributed by atoms with E-state index < -0.39 is 0 Å². The Kier molecular flexibility index (Phi) is 5.84. The van der Waals surface area contributed by atoms with Crippen molar-refractivity contribution in [3.05, 3.63) is 20.8 Å². The van der Waals surface area contributed by atoms with E-state index >= 15 is 0 Å². The lowest BCUT2D eigenvalue weighted by Gasteiger charge is -2.15. The number of rotatable bonds is 4. The highest BCUT2D eigenvalue weighted by Gasteiger charge is 2.03. The fraction of sp³-hybridized carbons (Fsp3) is 0.545. The second kappa shape index (κ2) is 6.91. The van der Waals surface area contributed by atoms with Crippen LogP contribution in [0.5, 0.6) is 0 Å². The number of nitrogens with one attached hydrogen (secondary N) is 2. The third-order valence-electron chi connectivity index (χ3n) is 2.27. The molecule has 3 nitrogen and oxygen atoms in total. The minimum atomic E-state index is 0.446. The normalized spacial score (nSPS) is 13.6. The van der Waals surface area contributed by atoms with Gasteiger partial charge in [0.05, 0.1) is 6.54 Å². The first kappa shape index (κ1) is 13.5. The van der Waals surface area contributed by atoms with Crippen LogP contribution < -0.4 is 10.6 Å². The molecule has 16 heavy (non-hydrogen) atoms. The number of guanidine groups is 1. The second-order valence-corrected chi connectivity index (χ2v) is 5.52. The Morgan fingerprint density at radius 2 is 2.38 bits per heavy atom. The van der Waals surface area contributed by atoms with Crippen molar-refractivity contribution in [2.75, 3.05) is 7.05 Å². The third-order valence-corrected chi connectivity index (χ3v) is 3.97. The first-order valence-corrected chi connectivity index (χ1v) is 7.03. The summed E-state index contributed by atoms with van der Waals surface area (Å²) in [6.07, 6.45) is 1.09. The number of nitrogens with zero attached hydrogens (tertiary/aromatic N) is 1. The molecule has 0 aliphatic heterocycles. The van der Waals surface area contributed by atoms with Crippen LogP contribution in [0.1, 0.15) is 25.1 Å². The third kappa shape index (κ3) is 4.53. The molecule has 0 fully saturated rings. The van der Waals surface area contributed by atoms with E-state index in [2.05, 4.69) is 56.8 Å². The summed E-state index contributed by atoms with van der Waals surface area (Å²) in [5.74, 6) is 0.860. The fourth-order valence-corrected chi connectivity index (χ4v) is 2.54. The van der Waals surface area contributed by atoms with Crippen LogP contribution in [0, 0.1) is 0 Å². The minimum absolute atomic E-state index is 0.446. The molecule has 90 valence electrons. The molecule has 1 heterocycles. The van der Waals surface area contributed by atoms with E-state index in [1.807, 2.05) is 0 Å². The molecular weight excluding hydrogens is 286 g/mol. The average molecular weight is 304 g/mol. The zero-order valence-corrected chi connectivity index (χ0v) is 12.3. The molecule has 0 aromatic carbocycles. The SMILES string of the molecule is CCC(C)NC(=NC)NCc1cc(Br)cs1. The molecule has 5 heteroatoms. The smallest absolute Gasteiger partial charge is 0.191 e. The average Bonchev–Trinajstić information content (AvgIpc) is 2.69. The molecule has 0 saturated carbocycles. The van der Waals surface area contributed by atoms with E-state index in [1.165, 1.54) is 4.88 Å². The molecule has 1 atom stereocenters. The van der Waals surface area contributed by atoms with E-state index in [4.69, 9.17) is 0 Å². The lowest BCUT2D eigenvalue weighted by atomic mass is 10.3. The zero-order chi connectivity index (χ0) is 12.0. The van der Waals surface area contributed by atoms with E-state index in [0.29, 0.717) is 6.04 Å². The van der Waals surface area contributed by atoms with Gasteiger partial charge >= 0.3 is 0 Å². The number of hydrogen-bond acceptors (Lipinski definition) is 2. The second-order valence-electron chi connectivity index (χ2n) is 3.61. The van der Waals surface area contributed by atoms with Gasteiger partial charge in [0.25, 0.3) is 0 Å². The van der Waals surface area contributed by atoms with Gasteiger partial charge in [-0.2, -0.15) is 0 Å². The molecule has 0 spiro atoms. The van der Waals surface area contributed by atoms with Crippen molar-refractivity contribution in [1.82, 2.24) is 10.6 Å². The molecule has 0 aliphatic rings. The molecule has 0 bridgehead atoms. The Morgan fingerprint density at radius 1 is 1.62 bits per heavy atom. The quantitative estimate of drug-likeness (QED) is 0.663. The van der Waals surface area contributed by atoms with Crippen molar-refractivity contribution in [3.63, 3.8) is 0 Å². The molecule has 0 amide bonds. The highest BCUT2D eigenvalue weighted by atomic mass is 79.9. The monoisotopic (exact) mass is 303 g/mol. The Labute approximate surface area is 109 Å². The van der Waals surface area contributed by atoms with Gasteiger partial charge in [-0.1, -0.05) is 6.92 Å². The van der Waals surface area contributed by atoms with Crippen LogP contribution in [0.2, 0.25) is 0 Å². The van der Waals surface area contributed by atoms with Gasteiger partial charge in [0.1, 0.15) is 0 Å². The maximum atomic E-state index is 4.19. The highest BCUT2D eigenvalue weighted by Crippen LogP contribution is 2.19. The van der Waals surface area contributed by atoms with Crippen molar-refractivity contribution in [2.24, 2.45) is 4.99 Å². The summed E-state index contributed by atoms with van der Waals surface area (Å²) >= 11 is 5.18. The standard InChI is InChI=1S/C11H18BrN3S/c1-4-8(2)15-11(13-3)14-6-10-5-9(12)7-16-10/h5,7-8H,4,6H2,1-3H3,(H2,13,14,15). The molecule has 1 rings (SSSR count). The van der Waals surface area contributed by atoms with Crippen LogP contribution >= 0.6 is 27.3 Å². The first-order valence-electron chi connectivity index (χ1n) is 5.35. The van der Waals surface area contributed by atoms with Crippen molar-refractivity contribution in [1.29, 1.82) is 0 Å². The molecule has 2 N–H and O–H groups in total. The lowest BCUT2D eigenvalue weighted by molar-refractivity contribution is 0.624. The Balaban J connectivity index is 2.40. The van der Waals surface area contributed by atoms with Gasteiger partial charge in [-0.25, -0.2) is 0 Å². The van der Waals surface area contributed by atoms with Gasteiger partial charge in [0.15, 0.2) is 5.96 Å². The van der Waals surface area contributed by atoms with E-state index in [9.17, 15) is 0 Å². The topological polar surface area (TPSA) is 36.4 Å². The summed E-state index contributed by atoms with van der Waals surface area (Å²) < 4.78 is 1.14. The van der Waals surface area contributed by atoms with E-state index in [-0.39, 0.29) is 0 Å². The Bertz CT molecular complexity index is 349. The lowest BCUT2D eigenvalue weighted by Crippen LogP contribution is -2.41. The number of halogens is 1. The van der Waals surface area contributed by atoms with Crippen LogP contribution in [0.3, 0.4) is 0 Å². The molecule has 1 aromatic heterocycles. The van der Waals surface area contributed by atoms with Crippen LogP contribution in [0.4, 0.5) is 0 Å². The van der Waals surface area contributed by atoms with Crippen LogP contribution in [-0.4, -0.2) is 19.0 Å². The fourth-order valence-electron chi connectivity index (χ4n) is 1.15. The summed E-state index contributed by atoms with van der Waals surface area (Å²) in [6, 6.07) is 2.56. The molecule has 1 aromatic rings. The van der Waals surface area contributed by atoms with Crippen molar-refractivity contribution in [2.45, 2.75) is 32.9 Å². The number of hydrogen-bond donors (Lipinski definition) is 2. The van der Waals surface area contributed by atoms with Crippen LogP contribution in [0.25, 0.3) is 0 Å². The predicted octanol–water partition coefficient (Wildman–Crippen LogP) is 2.97. The maximum Gasteiger partial charge on any atom is 0.191 e. The largest absolute Gasteiger partial charge is 0.354 e. The van der Waals surface area contributed by atoms with E-state index in [0.717, 1.165) is 23.4 Å². The molecule has 1 unspecified atom stereocenters. The zero-order valence-electron chi connectivity index (χ0n) is 9.88. The van der Waals surface area contributed by atoms with Gasteiger partial charge in [0.2, 0.25) is 0 Å². The first-order chi connectivity index (χ1) is 7.65. The summed E-state index contributed by atoms with van der Waals surface area (Å²) in [7, 11) is 1.79. The molecular formula is C11H18BrN3S. The van der Waals surface area contributed by atoms with Crippen LogP contribution in [0.15, 0.2) is 20.9 Å². The summed E-state index contributed by atoms with van der Waals surface area (Å²) in [5.41, 5.74) is 0. The predicted molar refractivity (Wildman–Crippen MR) is 75.1 cm³/mol. The van der Waals surface area contributed by atoms with Gasteiger partial charge in [-0.3, -0.25) is 4.99 Å². The molecule has 0 aliphatic carbocycles. The molecule has 0 saturated heterocycles. The van der Waals surface area contributed by atoms with Gasteiger partial charge in [-0.15, -0.1) is 11.3 Å².